The van der Waals surface area contributed by atoms with Gasteiger partial charge in [0.2, 0.25) is 5.91 Å². The number of likely N-dealkylation sites (N-methyl/N-ethyl adjacent to an activating group) is 1. The molecule has 38 heavy (non-hydrogen) atoms. The van der Waals surface area contributed by atoms with Crippen LogP contribution in [0.15, 0.2) is 42.5 Å². The number of carbonyl (C=O) groups excluding carboxylic acids is 2. The van der Waals surface area contributed by atoms with Gasteiger partial charge in [-0.1, -0.05) is 12.1 Å². The second kappa shape index (κ2) is 10.4. The maximum Gasteiger partial charge on any atom is 0.274 e. The molecule has 3 aliphatic heterocycles. The van der Waals surface area contributed by atoms with Crippen LogP contribution in [-0.4, -0.2) is 96.0 Å². The molecule has 2 bridgehead atoms. The normalized spacial score (nSPS) is 21.4. The minimum Gasteiger partial charge on any atom is -0.492 e. The van der Waals surface area contributed by atoms with Crippen LogP contribution in [-0.2, 0) is 22.6 Å². The zero-order valence-corrected chi connectivity index (χ0v) is 21.6. The number of aromatic nitrogens is 1. The fourth-order valence-electron chi connectivity index (χ4n) is 5.94. The highest BCUT2D eigenvalue weighted by atomic mass is 16.5. The van der Waals surface area contributed by atoms with E-state index in [1.54, 1.807) is 17.6 Å². The summed E-state index contributed by atoms with van der Waals surface area (Å²) >= 11 is 0. The van der Waals surface area contributed by atoms with Crippen molar-refractivity contribution in [3.8, 4) is 5.75 Å². The number of hydrogen-bond acceptors (Lipinski definition) is 7. The number of hydrogen-bond donors (Lipinski definition) is 2. The second-order valence-corrected chi connectivity index (χ2v) is 10.3. The van der Waals surface area contributed by atoms with E-state index in [1.165, 1.54) is 0 Å². The molecule has 0 saturated carbocycles. The summed E-state index contributed by atoms with van der Waals surface area (Å²) in [6.07, 6.45) is 0. The SMILES string of the molecule is CN1CN2Cc3c(c4cc(OCCN5CCOCC5)ccc4n3Cc3ccc(C(=O)NO)cc3)[C@@H](C2)C1=O. The van der Waals surface area contributed by atoms with E-state index < -0.39 is 5.91 Å². The van der Waals surface area contributed by atoms with Gasteiger partial charge >= 0.3 is 0 Å². The largest absolute Gasteiger partial charge is 0.492 e. The summed E-state index contributed by atoms with van der Waals surface area (Å²) in [6, 6.07) is 13.4. The van der Waals surface area contributed by atoms with Crippen LogP contribution in [0.25, 0.3) is 10.9 Å². The van der Waals surface area contributed by atoms with Gasteiger partial charge in [0.25, 0.3) is 5.91 Å². The smallest absolute Gasteiger partial charge is 0.274 e. The number of rotatable bonds is 7. The van der Waals surface area contributed by atoms with Gasteiger partial charge in [0.15, 0.2) is 0 Å². The van der Waals surface area contributed by atoms with Gasteiger partial charge in [-0.25, -0.2) is 5.48 Å². The summed E-state index contributed by atoms with van der Waals surface area (Å²) in [7, 11) is 1.87. The number of nitrogens with one attached hydrogen (secondary N) is 1. The molecular formula is C28H33N5O5. The van der Waals surface area contributed by atoms with Gasteiger partial charge in [-0.2, -0.15) is 0 Å². The Morgan fingerprint density at radius 1 is 1.16 bits per heavy atom. The first kappa shape index (κ1) is 24.9. The Kier molecular flexibility index (Phi) is 6.79. The highest BCUT2D eigenvalue weighted by Crippen LogP contribution is 2.41. The predicted molar refractivity (Wildman–Crippen MR) is 140 cm³/mol. The van der Waals surface area contributed by atoms with Crippen LogP contribution < -0.4 is 10.2 Å². The van der Waals surface area contributed by atoms with E-state index in [2.05, 4.69) is 26.5 Å². The topological polar surface area (TPSA) is 99.5 Å². The summed E-state index contributed by atoms with van der Waals surface area (Å²) in [6.45, 7) is 7.56. The van der Waals surface area contributed by atoms with Gasteiger partial charge in [0, 0.05) is 68.5 Å². The lowest BCUT2D eigenvalue weighted by atomic mass is 9.89. The van der Waals surface area contributed by atoms with Crippen molar-refractivity contribution in [2.45, 2.75) is 19.0 Å². The fraction of sp³-hybridized carbons (Fsp3) is 0.429. The number of carbonyl (C=O) groups is 2. The Morgan fingerprint density at radius 2 is 1.95 bits per heavy atom. The number of morpholine rings is 1. The van der Waals surface area contributed by atoms with Gasteiger partial charge in [-0.05, 0) is 41.5 Å². The average molecular weight is 520 g/mol. The minimum atomic E-state index is -0.537. The molecule has 1 aromatic heterocycles. The molecule has 3 aliphatic rings. The van der Waals surface area contributed by atoms with Crippen LogP contribution in [0.4, 0.5) is 0 Å². The molecule has 2 fully saturated rings. The molecule has 2 atom stereocenters. The van der Waals surface area contributed by atoms with E-state index in [1.807, 2.05) is 30.1 Å². The molecule has 4 heterocycles. The summed E-state index contributed by atoms with van der Waals surface area (Å²) in [5.74, 6) is 0.216. The van der Waals surface area contributed by atoms with Crippen LogP contribution in [0.2, 0.25) is 0 Å². The van der Waals surface area contributed by atoms with E-state index in [9.17, 15) is 9.59 Å². The first-order valence-electron chi connectivity index (χ1n) is 13.1. The molecule has 0 aliphatic carbocycles. The number of amides is 2. The molecule has 2 aromatic carbocycles. The number of hydroxylamine groups is 1. The van der Waals surface area contributed by atoms with Crippen LogP contribution in [0.5, 0.6) is 5.75 Å². The highest BCUT2D eigenvalue weighted by Gasteiger charge is 2.40. The predicted octanol–water partition coefficient (Wildman–Crippen LogP) is 1.85. The van der Waals surface area contributed by atoms with Crippen molar-refractivity contribution >= 4 is 22.7 Å². The van der Waals surface area contributed by atoms with Crippen LogP contribution >= 0.6 is 0 Å². The first-order valence-corrected chi connectivity index (χ1v) is 13.1. The van der Waals surface area contributed by atoms with Gasteiger partial charge < -0.3 is 18.9 Å². The van der Waals surface area contributed by atoms with Crippen molar-refractivity contribution in [3.63, 3.8) is 0 Å². The Bertz CT molecular complexity index is 1350. The molecule has 200 valence electrons. The zero-order valence-electron chi connectivity index (χ0n) is 21.6. The van der Waals surface area contributed by atoms with Gasteiger partial charge in [0.05, 0.1) is 25.8 Å². The van der Waals surface area contributed by atoms with Crippen molar-refractivity contribution in [2.75, 3.05) is 59.7 Å². The Labute approximate surface area is 221 Å². The lowest BCUT2D eigenvalue weighted by Crippen LogP contribution is -2.52. The standard InChI is InChI=1S/C28H33N5O5/c1-30-18-32-16-23(28(30)35)26-22-14-21(38-13-10-31-8-11-37-12-9-31)6-7-24(22)33(25(26)17-32)15-19-2-4-20(5-3-19)27(34)29-36/h2-7,14,23,36H,8-13,15-18H2,1H3,(H,29,34)/t23-/m1/s1. The second-order valence-electron chi connectivity index (χ2n) is 10.3. The fourth-order valence-corrected chi connectivity index (χ4v) is 5.94. The molecule has 3 aromatic rings. The van der Waals surface area contributed by atoms with Gasteiger partial charge in [-0.15, -0.1) is 0 Å². The number of benzene rings is 2. The molecule has 2 N–H and O–H groups in total. The lowest BCUT2D eigenvalue weighted by molar-refractivity contribution is -0.139. The third-order valence-corrected chi connectivity index (χ3v) is 7.87. The Hall–Kier alpha value is -3.44. The van der Waals surface area contributed by atoms with Gasteiger partial charge in [0.1, 0.15) is 12.4 Å². The third-order valence-electron chi connectivity index (χ3n) is 7.87. The van der Waals surface area contributed by atoms with Crippen LogP contribution in [0, 0.1) is 0 Å². The minimum absolute atomic E-state index is 0.152. The molecule has 2 saturated heterocycles. The number of nitrogens with zero attached hydrogens (tertiary/aromatic N) is 4. The lowest BCUT2D eigenvalue weighted by Gasteiger charge is -2.42. The molecule has 10 heteroatoms. The molecule has 2 amide bonds. The summed E-state index contributed by atoms with van der Waals surface area (Å²) in [4.78, 5) is 31.5. The van der Waals surface area contributed by atoms with Crippen LogP contribution in [0.1, 0.15) is 33.1 Å². The quantitative estimate of drug-likeness (QED) is 0.363. The van der Waals surface area contributed by atoms with Crippen molar-refractivity contribution in [3.05, 3.63) is 64.8 Å². The number of fused-ring (bicyclic) bond motifs is 6. The Balaban J connectivity index is 1.33. The molecular weight excluding hydrogens is 486 g/mol. The van der Waals surface area contributed by atoms with Crippen molar-refractivity contribution < 1.29 is 24.3 Å². The van der Waals surface area contributed by atoms with Gasteiger partial charge in [-0.3, -0.25) is 24.6 Å². The highest BCUT2D eigenvalue weighted by molar-refractivity contribution is 5.95. The third kappa shape index (κ3) is 4.64. The maximum absolute atomic E-state index is 13.3. The summed E-state index contributed by atoms with van der Waals surface area (Å²) < 4.78 is 13.9. The molecule has 10 nitrogen and oxygen atoms in total. The van der Waals surface area contributed by atoms with E-state index >= 15 is 0 Å². The molecule has 6 rings (SSSR count). The van der Waals surface area contributed by atoms with E-state index in [0.29, 0.717) is 25.4 Å². The summed E-state index contributed by atoms with van der Waals surface area (Å²) in [5, 5.41) is 9.98. The molecule has 0 spiro atoms. The molecule has 0 radical (unpaired) electrons. The monoisotopic (exact) mass is 519 g/mol. The first-order chi connectivity index (χ1) is 18.5. The van der Waals surface area contributed by atoms with E-state index in [4.69, 9.17) is 14.7 Å². The van der Waals surface area contributed by atoms with E-state index in [-0.39, 0.29) is 11.8 Å². The van der Waals surface area contributed by atoms with Crippen LogP contribution in [0.3, 0.4) is 0 Å². The van der Waals surface area contributed by atoms with Crippen molar-refractivity contribution in [1.82, 2.24) is 24.7 Å². The van der Waals surface area contributed by atoms with Crippen molar-refractivity contribution in [2.24, 2.45) is 0 Å². The van der Waals surface area contributed by atoms with Crippen molar-refractivity contribution in [1.29, 1.82) is 0 Å². The number of ether oxygens (including phenoxy) is 2. The van der Waals surface area contributed by atoms with E-state index in [0.717, 1.165) is 79.4 Å². The summed E-state index contributed by atoms with van der Waals surface area (Å²) in [5.41, 5.74) is 6.41. The maximum atomic E-state index is 13.3. The molecule has 1 unspecified atom stereocenters. The zero-order chi connectivity index (χ0) is 26.2. The average Bonchev–Trinajstić information content (AvgIpc) is 3.24. The Morgan fingerprint density at radius 3 is 2.71 bits per heavy atom.